The standard InChI is InChI=1S/C15H19NO2/c1-10(2)8-16-15(17)7-12-9-18-14-6-11(3)4-5-13(12)14/h4-6,9-10H,7-8H2,1-3H3,(H,16,17). The summed E-state index contributed by atoms with van der Waals surface area (Å²) in [4.78, 5) is 11.8. The molecular formula is C15H19NO2. The van der Waals surface area contributed by atoms with Crippen LogP contribution in [0, 0.1) is 12.8 Å². The minimum Gasteiger partial charge on any atom is -0.464 e. The molecule has 0 atom stereocenters. The Labute approximate surface area is 107 Å². The van der Waals surface area contributed by atoms with E-state index in [0.29, 0.717) is 18.9 Å². The number of fused-ring (bicyclic) bond motifs is 1. The topological polar surface area (TPSA) is 42.2 Å². The van der Waals surface area contributed by atoms with Crippen molar-refractivity contribution in [3.8, 4) is 0 Å². The Morgan fingerprint density at radius 2 is 2.17 bits per heavy atom. The molecule has 3 heteroatoms. The minimum absolute atomic E-state index is 0.0481. The molecule has 0 aliphatic rings. The summed E-state index contributed by atoms with van der Waals surface area (Å²) in [6.07, 6.45) is 2.06. The molecule has 0 saturated carbocycles. The number of hydrogen-bond acceptors (Lipinski definition) is 2. The van der Waals surface area contributed by atoms with Crippen molar-refractivity contribution in [2.24, 2.45) is 5.92 Å². The van der Waals surface area contributed by atoms with Gasteiger partial charge in [-0.3, -0.25) is 4.79 Å². The minimum atomic E-state index is 0.0481. The molecule has 1 amide bonds. The summed E-state index contributed by atoms with van der Waals surface area (Å²) in [5.41, 5.74) is 2.96. The highest BCUT2D eigenvalue weighted by Crippen LogP contribution is 2.22. The molecule has 96 valence electrons. The molecule has 0 aliphatic heterocycles. The van der Waals surface area contributed by atoms with Crippen molar-refractivity contribution in [3.05, 3.63) is 35.6 Å². The van der Waals surface area contributed by atoms with Crippen LogP contribution < -0.4 is 5.32 Å². The predicted molar refractivity (Wildman–Crippen MR) is 72.5 cm³/mol. The molecular weight excluding hydrogens is 226 g/mol. The second kappa shape index (κ2) is 5.25. The highest BCUT2D eigenvalue weighted by molar-refractivity contribution is 5.87. The molecule has 1 N–H and O–H groups in total. The Morgan fingerprint density at radius 1 is 1.39 bits per heavy atom. The number of benzene rings is 1. The van der Waals surface area contributed by atoms with Crippen LogP contribution in [0.25, 0.3) is 11.0 Å². The first kappa shape index (κ1) is 12.7. The number of nitrogens with one attached hydrogen (secondary N) is 1. The summed E-state index contributed by atoms with van der Waals surface area (Å²) in [7, 11) is 0. The monoisotopic (exact) mass is 245 g/mol. The molecule has 0 bridgehead atoms. The number of carbonyl (C=O) groups is 1. The Hall–Kier alpha value is -1.77. The van der Waals surface area contributed by atoms with Crippen LogP contribution in [0.2, 0.25) is 0 Å². The molecule has 0 saturated heterocycles. The van der Waals surface area contributed by atoms with Crippen LogP contribution in [0.1, 0.15) is 25.0 Å². The van der Waals surface area contributed by atoms with Crippen LogP contribution in [0.5, 0.6) is 0 Å². The van der Waals surface area contributed by atoms with Crippen molar-refractivity contribution >= 4 is 16.9 Å². The maximum atomic E-state index is 11.8. The lowest BCUT2D eigenvalue weighted by Gasteiger charge is -2.06. The first-order valence-corrected chi connectivity index (χ1v) is 6.29. The highest BCUT2D eigenvalue weighted by Gasteiger charge is 2.10. The van der Waals surface area contributed by atoms with Gasteiger partial charge >= 0.3 is 0 Å². The van der Waals surface area contributed by atoms with Crippen LogP contribution in [0.3, 0.4) is 0 Å². The number of amides is 1. The molecule has 0 spiro atoms. The van der Waals surface area contributed by atoms with Crippen LogP contribution in [-0.2, 0) is 11.2 Å². The van der Waals surface area contributed by atoms with E-state index in [1.807, 2.05) is 25.1 Å². The fourth-order valence-corrected chi connectivity index (χ4v) is 1.88. The Bertz CT molecular complexity index is 555. The third kappa shape index (κ3) is 2.92. The van der Waals surface area contributed by atoms with E-state index >= 15 is 0 Å². The van der Waals surface area contributed by atoms with Gasteiger partial charge in [0.05, 0.1) is 12.7 Å². The van der Waals surface area contributed by atoms with E-state index in [2.05, 4.69) is 19.2 Å². The van der Waals surface area contributed by atoms with E-state index in [0.717, 1.165) is 22.1 Å². The third-order valence-electron chi connectivity index (χ3n) is 2.87. The lowest BCUT2D eigenvalue weighted by molar-refractivity contribution is -0.120. The lowest BCUT2D eigenvalue weighted by Crippen LogP contribution is -2.28. The van der Waals surface area contributed by atoms with Gasteiger partial charge in [0, 0.05) is 17.5 Å². The maximum Gasteiger partial charge on any atom is 0.224 e. The van der Waals surface area contributed by atoms with Gasteiger partial charge in [-0.2, -0.15) is 0 Å². The number of hydrogen-bond donors (Lipinski definition) is 1. The Balaban J connectivity index is 2.10. The van der Waals surface area contributed by atoms with Gasteiger partial charge in [0.1, 0.15) is 5.58 Å². The van der Waals surface area contributed by atoms with Crippen LogP contribution in [0.4, 0.5) is 0 Å². The lowest BCUT2D eigenvalue weighted by atomic mass is 10.1. The zero-order valence-electron chi connectivity index (χ0n) is 11.1. The largest absolute Gasteiger partial charge is 0.464 e. The van der Waals surface area contributed by atoms with Crippen LogP contribution >= 0.6 is 0 Å². The normalized spacial score (nSPS) is 11.1. The first-order valence-electron chi connectivity index (χ1n) is 6.29. The quantitative estimate of drug-likeness (QED) is 0.899. The van der Waals surface area contributed by atoms with E-state index in [1.54, 1.807) is 6.26 Å². The molecule has 0 unspecified atom stereocenters. The first-order chi connectivity index (χ1) is 8.56. The molecule has 18 heavy (non-hydrogen) atoms. The van der Waals surface area contributed by atoms with E-state index in [1.165, 1.54) is 0 Å². The van der Waals surface area contributed by atoms with E-state index < -0.39 is 0 Å². The van der Waals surface area contributed by atoms with Crippen molar-refractivity contribution in [2.45, 2.75) is 27.2 Å². The Kier molecular flexibility index (Phi) is 3.70. The fourth-order valence-electron chi connectivity index (χ4n) is 1.88. The van der Waals surface area contributed by atoms with E-state index in [4.69, 9.17) is 4.42 Å². The van der Waals surface area contributed by atoms with Crippen molar-refractivity contribution in [3.63, 3.8) is 0 Å². The zero-order valence-corrected chi connectivity index (χ0v) is 11.1. The van der Waals surface area contributed by atoms with Crippen LogP contribution in [-0.4, -0.2) is 12.5 Å². The maximum absolute atomic E-state index is 11.8. The molecule has 0 fully saturated rings. The average Bonchev–Trinajstić information content (AvgIpc) is 2.69. The average molecular weight is 245 g/mol. The fraction of sp³-hybridized carbons (Fsp3) is 0.400. The summed E-state index contributed by atoms with van der Waals surface area (Å²) in [6, 6.07) is 6.04. The SMILES string of the molecule is Cc1ccc2c(CC(=O)NCC(C)C)coc2c1. The van der Waals surface area contributed by atoms with Gasteiger partial charge < -0.3 is 9.73 Å². The molecule has 1 heterocycles. The van der Waals surface area contributed by atoms with Gasteiger partial charge in [0.15, 0.2) is 0 Å². The smallest absolute Gasteiger partial charge is 0.224 e. The molecule has 0 aliphatic carbocycles. The molecule has 1 aromatic heterocycles. The van der Waals surface area contributed by atoms with Gasteiger partial charge in [-0.15, -0.1) is 0 Å². The number of rotatable bonds is 4. The van der Waals surface area contributed by atoms with Gasteiger partial charge in [-0.05, 0) is 24.5 Å². The summed E-state index contributed by atoms with van der Waals surface area (Å²) < 4.78 is 5.48. The van der Waals surface area contributed by atoms with Gasteiger partial charge in [0.25, 0.3) is 0 Å². The van der Waals surface area contributed by atoms with Crippen LogP contribution in [0.15, 0.2) is 28.9 Å². The molecule has 0 radical (unpaired) electrons. The number of carbonyl (C=O) groups excluding carboxylic acids is 1. The second-order valence-corrected chi connectivity index (χ2v) is 5.14. The van der Waals surface area contributed by atoms with Crippen molar-refractivity contribution < 1.29 is 9.21 Å². The number of aryl methyl sites for hydroxylation is 1. The molecule has 1 aromatic carbocycles. The highest BCUT2D eigenvalue weighted by atomic mass is 16.3. The van der Waals surface area contributed by atoms with Crippen molar-refractivity contribution in [1.82, 2.24) is 5.32 Å². The summed E-state index contributed by atoms with van der Waals surface area (Å²) in [5, 5.41) is 3.94. The summed E-state index contributed by atoms with van der Waals surface area (Å²) in [5.74, 6) is 0.518. The number of furan rings is 1. The predicted octanol–water partition coefficient (Wildman–Crippen LogP) is 3.06. The van der Waals surface area contributed by atoms with Gasteiger partial charge in [-0.25, -0.2) is 0 Å². The van der Waals surface area contributed by atoms with Gasteiger partial charge in [0.2, 0.25) is 5.91 Å². The molecule has 2 aromatic rings. The van der Waals surface area contributed by atoms with E-state index in [-0.39, 0.29) is 5.91 Å². The molecule has 2 rings (SSSR count). The molecule has 3 nitrogen and oxygen atoms in total. The Morgan fingerprint density at radius 3 is 2.89 bits per heavy atom. The second-order valence-electron chi connectivity index (χ2n) is 5.14. The third-order valence-corrected chi connectivity index (χ3v) is 2.87. The zero-order chi connectivity index (χ0) is 13.1. The summed E-state index contributed by atoms with van der Waals surface area (Å²) >= 11 is 0. The summed E-state index contributed by atoms with van der Waals surface area (Å²) in [6.45, 7) is 6.90. The van der Waals surface area contributed by atoms with Gasteiger partial charge in [-0.1, -0.05) is 26.0 Å². The van der Waals surface area contributed by atoms with E-state index in [9.17, 15) is 4.79 Å². The van der Waals surface area contributed by atoms with Crippen molar-refractivity contribution in [2.75, 3.05) is 6.54 Å². The van der Waals surface area contributed by atoms with Crippen molar-refractivity contribution in [1.29, 1.82) is 0 Å².